The lowest BCUT2D eigenvalue weighted by Gasteiger charge is -2.36. The van der Waals surface area contributed by atoms with Gasteiger partial charge in [0.15, 0.2) is 21.0 Å². The fourth-order valence-electron chi connectivity index (χ4n) is 3.75. The van der Waals surface area contributed by atoms with E-state index < -0.39 is 28.2 Å². The number of likely N-dealkylation sites (tertiary alicyclic amines) is 1. The molecule has 33 heavy (non-hydrogen) atoms. The second-order valence-corrected chi connectivity index (χ2v) is 10.3. The lowest BCUT2D eigenvalue weighted by atomic mass is 9.94. The second kappa shape index (κ2) is 10.4. The number of piperidine rings is 1. The highest BCUT2D eigenvalue weighted by Gasteiger charge is 2.40. The number of aromatic nitrogens is 2. The Kier molecular flexibility index (Phi) is 8.04. The van der Waals surface area contributed by atoms with Crippen LogP contribution in [0.3, 0.4) is 0 Å². The van der Waals surface area contributed by atoms with Gasteiger partial charge >= 0.3 is 12.3 Å². The highest BCUT2D eigenvalue weighted by atomic mass is 32.2. The van der Waals surface area contributed by atoms with Gasteiger partial charge in [0.2, 0.25) is 5.88 Å². The van der Waals surface area contributed by atoms with Crippen LogP contribution in [-0.4, -0.2) is 79.3 Å². The van der Waals surface area contributed by atoms with E-state index in [4.69, 9.17) is 9.47 Å². The average Bonchev–Trinajstić information content (AvgIpc) is 2.74. The molecule has 3 rings (SSSR count). The molecule has 1 saturated heterocycles. The normalized spacial score (nSPS) is 23.7. The molecule has 1 amide bonds. The van der Waals surface area contributed by atoms with Crippen molar-refractivity contribution in [3.8, 4) is 5.88 Å². The minimum atomic E-state index is -4.58. The van der Waals surface area contributed by atoms with E-state index in [-0.39, 0.29) is 42.3 Å². The molecule has 186 valence electrons. The first-order chi connectivity index (χ1) is 15.4. The molecule has 1 aliphatic carbocycles. The van der Waals surface area contributed by atoms with Gasteiger partial charge in [0, 0.05) is 19.3 Å². The molecule has 1 unspecified atom stereocenters. The molecule has 13 heteroatoms. The van der Waals surface area contributed by atoms with Gasteiger partial charge in [-0.1, -0.05) is 0 Å². The third-order valence-electron chi connectivity index (χ3n) is 5.72. The van der Waals surface area contributed by atoms with E-state index in [1.807, 2.05) is 0 Å². The maximum Gasteiger partial charge on any atom is 0.425 e. The van der Waals surface area contributed by atoms with E-state index in [0.717, 1.165) is 38.9 Å². The Balaban J connectivity index is 1.37. The summed E-state index contributed by atoms with van der Waals surface area (Å²) in [7, 11) is -3.41. The van der Waals surface area contributed by atoms with Gasteiger partial charge in [-0.15, -0.1) is 0 Å². The molecule has 1 atom stereocenters. The predicted molar refractivity (Wildman–Crippen MR) is 109 cm³/mol. The number of rotatable bonds is 6. The topological polar surface area (TPSA) is 108 Å². The quantitative estimate of drug-likeness (QED) is 0.592. The molecule has 1 aromatic rings. The summed E-state index contributed by atoms with van der Waals surface area (Å²) >= 11 is 0. The highest BCUT2D eigenvalue weighted by Crippen LogP contribution is 2.28. The van der Waals surface area contributed by atoms with Crippen LogP contribution in [-0.2, 0) is 19.3 Å². The third-order valence-corrected chi connectivity index (χ3v) is 6.69. The minimum absolute atomic E-state index is 0.0392. The fourth-order valence-corrected chi connectivity index (χ4v) is 4.24. The van der Waals surface area contributed by atoms with Crippen LogP contribution < -0.4 is 4.74 Å². The van der Waals surface area contributed by atoms with Crippen LogP contribution in [0.5, 0.6) is 5.88 Å². The summed E-state index contributed by atoms with van der Waals surface area (Å²) in [5.74, 6) is 0.269. The molecule has 0 bridgehead atoms. The molecule has 0 aromatic carbocycles. The van der Waals surface area contributed by atoms with E-state index in [2.05, 4.69) is 14.7 Å². The summed E-state index contributed by atoms with van der Waals surface area (Å²) in [5, 5.41) is -0.110. The van der Waals surface area contributed by atoms with E-state index in [1.165, 1.54) is 17.3 Å². The summed E-state index contributed by atoms with van der Waals surface area (Å²) in [6.45, 7) is 1.38. The van der Waals surface area contributed by atoms with Crippen molar-refractivity contribution in [3.05, 3.63) is 12.4 Å². The maximum absolute atomic E-state index is 12.6. The smallest absolute Gasteiger partial charge is 0.425 e. The van der Waals surface area contributed by atoms with E-state index in [9.17, 15) is 26.4 Å². The van der Waals surface area contributed by atoms with Crippen LogP contribution in [0.2, 0.25) is 0 Å². The Morgan fingerprint density at radius 2 is 1.61 bits per heavy atom. The number of alkyl halides is 3. The van der Waals surface area contributed by atoms with Crippen molar-refractivity contribution in [1.82, 2.24) is 14.9 Å². The zero-order valence-electron chi connectivity index (χ0n) is 18.5. The summed E-state index contributed by atoms with van der Waals surface area (Å²) in [6, 6.07) is 0. The second-order valence-electron chi connectivity index (χ2n) is 8.37. The minimum Gasteiger partial charge on any atom is -0.473 e. The van der Waals surface area contributed by atoms with Crippen LogP contribution in [0.1, 0.15) is 45.4 Å². The fraction of sp³-hybridized carbons (Fsp3) is 0.750. The van der Waals surface area contributed by atoms with Gasteiger partial charge in [-0.3, -0.25) is 0 Å². The van der Waals surface area contributed by atoms with Gasteiger partial charge < -0.3 is 19.1 Å². The van der Waals surface area contributed by atoms with Gasteiger partial charge in [-0.05, 0) is 45.4 Å². The molecule has 2 fully saturated rings. The number of nitrogens with zero attached hydrogens (tertiary/aromatic N) is 3. The van der Waals surface area contributed by atoms with Crippen LogP contribution in [0.15, 0.2) is 17.4 Å². The number of amides is 1. The van der Waals surface area contributed by atoms with E-state index >= 15 is 0 Å². The van der Waals surface area contributed by atoms with E-state index in [0.29, 0.717) is 12.8 Å². The van der Waals surface area contributed by atoms with Crippen molar-refractivity contribution in [3.63, 3.8) is 0 Å². The standard InChI is InChI=1S/C20H28F3N3O6S/c1-13(20(21,22)23)30-19(27)26-9-7-16(8-10-26)31-14-3-5-15(6-4-14)32-17-11-25-18(12-24-17)33(2,28)29/h11-16H,3-10H2,1-2H3/t13?,14-,15-. The Labute approximate surface area is 190 Å². The molecule has 0 spiro atoms. The Bertz CT molecular complexity index is 897. The molecule has 0 radical (unpaired) electrons. The molecule has 1 saturated carbocycles. The molecule has 0 N–H and O–H groups in total. The summed E-state index contributed by atoms with van der Waals surface area (Å²) in [6.07, 6.45) is -0.158. The first kappa shape index (κ1) is 25.5. The first-order valence-electron chi connectivity index (χ1n) is 10.8. The zero-order chi connectivity index (χ0) is 24.2. The lowest BCUT2D eigenvalue weighted by Crippen LogP contribution is -2.44. The van der Waals surface area contributed by atoms with Crippen molar-refractivity contribution in [2.75, 3.05) is 19.3 Å². The van der Waals surface area contributed by atoms with Crippen LogP contribution in [0.4, 0.5) is 18.0 Å². The highest BCUT2D eigenvalue weighted by molar-refractivity contribution is 7.90. The number of sulfone groups is 1. The lowest BCUT2D eigenvalue weighted by molar-refractivity contribution is -0.200. The SMILES string of the molecule is CC(OC(=O)N1CCC(O[C@H]2CC[C@H](Oc3cnc(S(C)(=O)=O)cn3)CC2)CC1)C(F)(F)F. The molecule has 9 nitrogen and oxygen atoms in total. The average molecular weight is 496 g/mol. The number of carbonyl (C=O) groups is 1. The van der Waals surface area contributed by atoms with Crippen molar-refractivity contribution < 1.29 is 40.6 Å². The molecule has 1 aliphatic heterocycles. The summed E-state index contributed by atoms with van der Waals surface area (Å²) in [4.78, 5) is 21.1. The molecular weight excluding hydrogens is 467 g/mol. The zero-order valence-corrected chi connectivity index (χ0v) is 19.3. The summed E-state index contributed by atoms with van der Waals surface area (Å²) in [5.41, 5.74) is 0. The first-order valence-corrected chi connectivity index (χ1v) is 12.7. The number of hydrogen-bond acceptors (Lipinski definition) is 8. The van der Waals surface area contributed by atoms with Crippen LogP contribution in [0.25, 0.3) is 0 Å². The molecular formula is C20H28F3N3O6S. The Morgan fingerprint density at radius 1 is 1.03 bits per heavy atom. The largest absolute Gasteiger partial charge is 0.473 e. The van der Waals surface area contributed by atoms with Gasteiger partial charge in [0.05, 0.1) is 24.6 Å². The number of carbonyl (C=O) groups excluding carboxylic acids is 1. The van der Waals surface area contributed by atoms with Crippen molar-refractivity contribution in [1.29, 1.82) is 0 Å². The molecule has 2 heterocycles. The number of halogens is 3. The van der Waals surface area contributed by atoms with Crippen LogP contribution >= 0.6 is 0 Å². The molecule has 2 aliphatic rings. The number of ether oxygens (including phenoxy) is 3. The maximum atomic E-state index is 12.6. The predicted octanol–water partition coefficient (Wildman–Crippen LogP) is 3.14. The van der Waals surface area contributed by atoms with Gasteiger partial charge in [-0.25, -0.2) is 23.2 Å². The number of hydrogen-bond donors (Lipinski definition) is 0. The van der Waals surface area contributed by atoms with Crippen LogP contribution in [0, 0.1) is 0 Å². The van der Waals surface area contributed by atoms with Gasteiger partial charge in [0.1, 0.15) is 6.10 Å². The Hall–Kier alpha value is -2.15. The Morgan fingerprint density at radius 3 is 2.12 bits per heavy atom. The van der Waals surface area contributed by atoms with Gasteiger partial charge in [-0.2, -0.15) is 13.2 Å². The third kappa shape index (κ3) is 7.42. The van der Waals surface area contributed by atoms with Gasteiger partial charge in [0.25, 0.3) is 0 Å². The molecule has 1 aromatic heterocycles. The van der Waals surface area contributed by atoms with Crippen molar-refractivity contribution in [2.45, 2.75) is 81.1 Å². The monoisotopic (exact) mass is 495 g/mol. The summed E-state index contributed by atoms with van der Waals surface area (Å²) < 4.78 is 77.0. The van der Waals surface area contributed by atoms with E-state index in [1.54, 1.807) is 0 Å². The van der Waals surface area contributed by atoms with Crippen molar-refractivity contribution in [2.24, 2.45) is 0 Å². The van der Waals surface area contributed by atoms with Crippen molar-refractivity contribution >= 4 is 15.9 Å².